The first-order valence-corrected chi connectivity index (χ1v) is 6.08. The van der Waals surface area contributed by atoms with Gasteiger partial charge in [-0.05, 0) is 24.7 Å². The van der Waals surface area contributed by atoms with E-state index < -0.39 is 0 Å². The summed E-state index contributed by atoms with van der Waals surface area (Å²) in [4.78, 5) is 19.7. The van der Waals surface area contributed by atoms with Gasteiger partial charge in [0.1, 0.15) is 12.9 Å². The van der Waals surface area contributed by atoms with Crippen LogP contribution in [0.25, 0.3) is 11.0 Å². The van der Waals surface area contributed by atoms with Crippen LogP contribution in [0.2, 0.25) is 17.7 Å². The maximum atomic E-state index is 12.3. The highest BCUT2D eigenvalue weighted by Crippen LogP contribution is 2.34. The molecule has 1 N–H and O–H groups in total. The van der Waals surface area contributed by atoms with Gasteiger partial charge in [-0.1, -0.05) is 18.4 Å². The van der Waals surface area contributed by atoms with Gasteiger partial charge in [-0.2, -0.15) is 0 Å². The molecule has 3 rings (SSSR count). The van der Waals surface area contributed by atoms with Crippen molar-refractivity contribution in [1.29, 1.82) is 0 Å². The number of carbonyl (C=O) groups is 1. The topological polar surface area (TPSA) is 45.8 Å². The third-order valence-corrected chi connectivity index (χ3v) is 3.59. The van der Waals surface area contributed by atoms with Crippen LogP contribution in [0.3, 0.4) is 0 Å². The average molecular weight is 245 g/mol. The fraction of sp³-hybridized carbons (Fsp3) is 0.333. The van der Waals surface area contributed by atoms with Crippen LogP contribution in [0, 0.1) is 0 Å². The van der Waals surface area contributed by atoms with Gasteiger partial charge in [-0.15, -0.1) is 0 Å². The van der Waals surface area contributed by atoms with Crippen LogP contribution in [-0.2, 0) is 6.42 Å². The molecular formula is C12H11BClN2O. The second-order valence-electron chi connectivity index (χ2n) is 4.37. The zero-order valence-electron chi connectivity index (χ0n) is 9.46. The average Bonchev–Trinajstić information content (AvgIpc) is 2.68. The van der Waals surface area contributed by atoms with Crippen LogP contribution in [0.4, 0.5) is 0 Å². The lowest BCUT2D eigenvalue weighted by Gasteiger charge is -2.19. The van der Waals surface area contributed by atoms with Gasteiger partial charge < -0.3 is 4.98 Å². The predicted octanol–water partition coefficient (Wildman–Crippen LogP) is 2.89. The molecule has 17 heavy (non-hydrogen) atoms. The second-order valence-corrected chi connectivity index (χ2v) is 4.81. The summed E-state index contributed by atoms with van der Waals surface area (Å²) in [5, 5.41) is 1.42. The van der Waals surface area contributed by atoms with Crippen LogP contribution in [0.5, 0.6) is 0 Å². The molecule has 1 radical (unpaired) electrons. The molecule has 0 saturated heterocycles. The maximum absolute atomic E-state index is 12.3. The molecule has 2 heterocycles. The van der Waals surface area contributed by atoms with E-state index in [1.54, 1.807) is 6.20 Å². The van der Waals surface area contributed by atoms with E-state index in [1.807, 2.05) is 20.2 Å². The number of H-pyrrole nitrogens is 1. The van der Waals surface area contributed by atoms with E-state index in [4.69, 9.17) is 11.6 Å². The number of fused-ring (bicyclic) bond motifs is 3. The summed E-state index contributed by atoms with van der Waals surface area (Å²) in [5.74, 6) is 0.213. The summed E-state index contributed by atoms with van der Waals surface area (Å²) < 4.78 is 0. The van der Waals surface area contributed by atoms with Gasteiger partial charge in [-0.3, -0.25) is 4.79 Å². The van der Waals surface area contributed by atoms with E-state index in [1.165, 1.54) is 0 Å². The Labute approximate surface area is 105 Å². The number of aryl methyl sites for hydroxylation is 1. The summed E-state index contributed by atoms with van der Waals surface area (Å²) in [6, 6.07) is 1.81. The molecule has 0 fully saturated rings. The van der Waals surface area contributed by atoms with Gasteiger partial charge in [0.25, 0.3) is 0 Å². The molecule has 1 unspecified atom stereocenters. The first-order valence-electron chi connectivity index (χ1n) is 5.70. The molecule has 0 bridgehead atoms. The van der Waals surface area contributed by atoms with Crippen LogP contribution in [0.1, 0.15) is 22.5 Å². The number of Topliss-reactive ketones (excluding diaryl/α,β-unsaturated/α-hetero) is 1. The third kappa shape index (κ3) is 1.59. The number of aromatic amines is 1. The van der Waals surface area contributed by atoms with Crippen molar-refractivity contribution >= 4 is 35.7 Å². The second kappa shape index (κ2) is 3.88. The lowest BCUT2D eigenvalue weighted by atomic mass is 9.60. The first kappa shape index (κ1) is 10.8. The molecular weight excluding hydrogens is 234 g/mol. The van der Waals surface area contributed by atoms with Crippen molar-refractivity contribution in [2.75, 3.05) is 0 Å². The van der Waals surface area contributed by atoms with Crippen LogP contribution < -0.4 is 0 Å². The van der Waals surface area contributed by atoms with E-state index in [9.17, 15) is 4.79 Å². The maximum Gasteiger partial charge on any atom is 0.160 e. The van der Waals surface area contributed by atoms with Crippen molar-refractivity contribution in [1.82, 2.24) is 9.97 Å². The Bertz CT molecular complexity index is 608. The minimum absolute atomic E-state index is 0.0282. The minimum atomic E-state index is 0.0282. The van der Waals surface area contributed by atoms with E-state index in [2.05, 4.69) is 9.97 Å². The zero-order chi connectivity index (χ0) is 12.0. The standard InChI is InChI=1S/C12H11BClN2O/c1-13-8-2-3-9-10(11(8)17)7-4-6(14)5-15-12(7)16-9/h4-5,8H,2-3H2,1H3,(H,15,16). The number of nitrogens with one attached hydrogen (secondary N) is 1. The molecule has 2 aromatic rings. The quantitative estimate of drug-likeness (QED) is 0.785. The summed E-state index contributed by atoms with van der Waals surface area (Å²) in [7, 11) is 1.97. The van der Waals surface area contributed by atoms with Crippen LogP contribution in [0.15, 0.2) is 12.3 Å². The number of halogens is 1. The van der Waals surface area contributed by atoms with E-state index in [0.29, 0.717) is 5.02 Å². The van der Waals surface area contributed by atoms with Gasteiger partial charge in [0.15, 0.2) is 5.78 Å². The zero-order valence-corrected chi connectivity index (χ0v) is 10.2. The van der Waals surface area contributed by atoms with Crippen molar-refractivity contribution in [3.8, 4) is 0 Å². The molecule has 0 spiro atoms. The number of ketones is 1. The van der Waals surface area contributed by atoms with Crippen LogP contribution in [-0.4, -0.2) is 23.0 Å². The summed E-state index contributed by atoms with van der Waals surface area (Å²) >= 11 is 5.94. The number of carbonyl (C=O) groups excluding carboxylic acids is 1. The van der Waals surface area contributed by atoms with Gasteiger partial charge in [-0.25, -0.2) is 4.98 Å². The van der Waals surface area contributed by atoms with E-state index in [0.717, 1.165) is 35.1 Å². The number of nitrogens with zero attached hydrogens (tertiary/aromatic N) is 1. The normalized spacial score (nSPS) is 19.4. The minimum Gasteiger partial charge on any atom is -0.343 e. The smallest absolute Gasteiger partial charge is 0.160 e. The fourth-order valence-electron chi connectivity index (χ4n) is 2.50. The summed E-state index contributed by atoms with van der Waals surface area (Å²) in [6.07, 6.45) is 3.37. The molecule has 1 aliphatic rings. The molecule has 2 aromatic heterocycles. The van der Waals surface area contributed by atoms with E-state index >= 15 is 0 Å². The number of pyridine rings is 1. The Balaban J connectivity index is 2.25. The Hall–Kier alpha value is -1.29. The molecule has 0 amide bonds. The highest BCUT2D eigenvalue weighted by Gasteiger charge is 2.29. The highest BCUT2D eigenvalue weighted by atomic mass is 35.5. The van der Waals surface area contributed by atoms with Gasteiger partial charge in [0.05, 0.1) is 5.02 Å². The van der Waals surface area contributed by atoms with Crippen LogP contribution >= 0.6 is 11.6 Å². The Morgan fingerprint density at radius 1 is 1.59 bits per heavy atom. The molecule has 0 aliphatic heterocycles. The van der Waals surface area contributed by atoms with Crippen molar-refractivity contribution in [2.45, 2.75) is 25.5 Å². The van der Waals surface area contributed by atoms with E-state index in [-0.39, 0.29) is 11.6 Å². The molecule has 1 atom stereocenters. The Morgan fingerprint density at radius 2 is 2.41 bits per heavy atom. The number of hydrogen-bond donors (Lipinski definition) is 1. The van der Waals surface area contributed by atoms with Crippen molar-refractivity contribution in [2.24, 2.45) is 0 Å². The number of rotatable bonds is 1. The first-order chi connectivity index (χ1) is 8.20. The summed E-state index contributed by atoms with van der Waals surface area (Å²) in [6.45, 7) is 1.94. The Kier molecular flexibility index (Phi) is 2.47. The molecule has 5 heteroatoms. The molecule has 1 aliphatic carbocycles. The SMILES string of the molecule is C[B]C1CCc2[nH]c3ncc(Cl)cc3c2C1=O. The van der Waals surface area contributed by atoms with Gasteiger partial charge in [0.2, 0.25) is 0 Å². The predicted molar refractivity (Wildman–Crippen MR) is 69.1 cm³/mol. The third-order valence-electron chi connectivity index (χ3n) is 3.39. The van der Waals surface area contributed by atoms with Gasteiger partial charge >= 0.3 is 0 Å². The molecule has 3 nitrogen and oxygen atoms in total. The Morgan fingerprint density at radius 3 is 3.18 bits per heavy atom. The van der Waals surface area contributed by atoms with Crippen molar-refractivity contribution in [3.63, 3.8) is 0 Å². The van der Waals surface area contributed by atoms with Crippen molar-refractivity contribution in [3.05, 3.63) is 28.5 Å². The highest BCUT2D eigenvalue weighted by molar-refractivity contribution is 6.45. The lowest BCUT2D eigenvalue weighted by Crippen LogP contribution is -2.20. The fourth-order valence-corrected chi connectivity index (χ4v) is 2.66. The molecule has 85 valence electrons. The number of aromatic nitrogens is 2. The lowest BCUT2D eigenvalue weighted by molar-refractivity contribution is 0.0974. The van der Waals surface area contributed by atoms with Gasteiger partial charge in [0, 0.05) is 22.8 Å². The molecule has 0 aromatic carbocycles. The van der Waals surface area contributed by atoms with Crippen molar-refractivity contribution < 1.29 is 4.79 Å². The number of hydrogen-bond acceptors (Lipinski definition) is 2. The molecule has 0 saturated carbocycles. The summed E-state index contributed by atoms with van der Waals surface area (Å²) in [5.41, 5.74) is 2.53. The monoisotopic (exact) mass is 245 g/mol. The largest absolute Gasteiger partial charge is 0.343 e.